The van der Waals surface area contributed by atoms with Gasteiger partial charge in [0, 0.05) is 19.2 Å². The molecule has 0 aliphatic carbocycles. The quantitative estimate of drug-likeness (QED) is 0.242. The summed E-state index contributed by atoms with van der Waals surface area (Å²) in [7, 11) is 1.53. The summed E-state index contributed by atoms with van der Waals surface area (Å²) in [6, 6.07) is 3.88. The van der Waals surface area contributed by atoms with Crippen molar-refractivity contribution in [2.24, 2.45) is 10.9 Å². The molecule has 0 amide bonds. The summed E-state index contributed by atoms with van der Waals surface area (Å²) >= 11 is 0. The lowest BCUT2D eigenvalue weighted by molar-refractivity contribution is 0.128. The molecule has 1 aromatic rings. The summed E-state index contributed by atoms with van der Waals surface area (Å²) in [5.74, 6) is -0.635. The number of amidine groups is 1. The first-order chi connectivity index (χ1) is 9.10. The molecule has 0 saturated carbocycles. The van der Waals surface area contributed by atoms with Gasteiger partial charge in [0.2, 0.25) is 0 Å². The molecule has 1 aromatic carbocycles. The molecule has 106 valence electrons. The standard InChI is InChI=1S/C12H18FN3O3/c1-19-7-11(6-17)15-5-8-2-9(12(14)16-18)4-10(13)3-8/h2-4,11,15,17-18H,5-7H2,1H3,(H2,14,16). The molecule has 19 heavy (non-hydrogen) atoms. The van der Waals surface area contributed by atoms with Gasteiger partial charge in [-0.05, 0) is 23.8 Å². The lowest BCUT2D eigenvalue weighted by Gasteiger charge is -2.15. The Kier molecular flexibility index (Phi) is 6.20. The van der Waals surface area contributed by atoms with E-state index in [1.165, 1.54) is 19.2 Å². The van der Waals surface area contributed by atoms with Crippen LogP contribution in [0.2, 0.25) is 0 Å². The summed E-state index contributed by atoms with van der Waals surface area (Å²) in [6.07, 6.45) is 0. The van der Waals surface area contributed by atoms with Crippen molar-refractivity contribution in [2.75, 3.05) is 20.3 Å². The van der Waals surface area contributed by atoms with Crippen LogP contribution < -0.4 is 11.1 Å². The van der Waals surface area contributed by atoms with Crippen LogP contribution in [0.5, 0.6) is 0 Å². The number of nitrogens with two attached hydrogens (primary N) is 1. The first kappa shape index (κ1) is 15.4. The molecule has 0 radical (unpaired) electrons. The van der Waals surface area contributed by atoms with E-state index in [1.807, 2.05) is 0 Å². The van der Waals surface area contributed by atoms with E-state index in [9.17, 15) is 4.39 Å². The fourth-order valence-electron chi connectivity index (χ4n) is 1.60. The maximum absolute atomic E-state index is 13.4. The van der Waals surface area contributed by atoms with Gasteiger partial charge in [0.25, 0.3) is 0 Å². The smallest absolute Gasteiger partial charge is 0.170 e. The average Bonchev–Trinajstić information content (AvgIpc) is 2.41. The third kappa shape index (κ3) is 4.82. The first-order valence-corrected chi connectivity index (χ1v) is 5.71. The van der Waals surface area contributed by atoms with E-state index in [1.54, 1.807) is 6.07 Å². The Morgan fingerprint density at radius 2 is 2.26 bits per heavy atom. The normalized spacial score (nSPS) is 13.5. The van der Waals surface area contributed by atoms with Crippen LogP contribution in [0.1, 0.15) is 11.1 Å². The molecule has 6 nitrogen and oxygen atoms in total. The van der Waals surface area contributed by atoms with Crippen molar-refractivity contribution in [3.8, 4) is 0 Å². The number of nitrogens with one attached hydrogen (secondary N) is 1. The zero-order chi connectivity index (χ0) is 14.3. The van der Waals surface area contributed by atoms with E-state index in [2.05, 4.69) is 10.5 Å². The number of benzene rings is 1. The molecule has 0 aromatic heterocycles. The summed E-state index contributed by atoms with van der Waals surface area (Å²) in [5, 5.41) is 23.5. The Bertz CT molecular complexity index is 440. The molecule has 7 heteroatoms. The molecule has 5 N–H and O–H groups in total. The summed E-state index contributed by atoms with van der Waals surface area (Å²) in [5.41, 5.74) is 6.33. The molecule has 0 heterocycles. The van der Waals surface area contributed by atoms with E-state index in [0.717, 1.165) is 0 Å². The van der Waals surface area contributed by atoms with Gasteiger partial charge in [-0.1, -0.05) is 5.16 Å². The predicted molar refractivity (Wildman–Crippen MR) is 68.5 cm³/mol. The van der Waals surface area contributed by atoms with Crippen molar-refractivity contribution < 1.29 is 19.4 Å². The molecule has 1 unspecified atom stereocenters. The lowest BCUT2D eigenvalue weighted by atomic mass is 10.1. The molecular weight excluding hydrogens is 253 g/mol. The van der Waals surface area contributed by atoms with Gasteiger partial charge in [-0.3, -0.25) is 0 Å². The first-order valence-electron chi connectivity index (χ1n) is 5.71. The number of rotatable bonds is 7. The van der Waals surface area contributed by atoms with Crippen LogP contribution in [0.4, 0.5) is 4.39 Å². The molecule has 0 aliphatic heterocycles. The molecule has 0 aliphatic rings. The third-order valence-corrected chi connectivity index (χ3v) is 2.54. The van der Waals surface area contributed by atoms with Crippen molar-refractivity contribution in [3.63, 3.8) is 0 Å². The Morgan fingerprint density at radius 1 is 1.53 bits per heavy atom. The van der Waals surface area contributed by atoms with Gasteiger partial charge < -0.3 is 26.1 Å². The zero-order valence-corrected chi connectivity index (χ0v) is 10.6. The lowest BCUT2D eigenvalue weighted by Crippen LogP contribution is -2.36. The van der Waals surface area contributed by atoms with Crippen molar-refractivity contribution in [3.05, 3.63) is 35.1 Å². The van der Waals surface area contributed by atoms with Gasteiger partial charge >= 0.3 is 0 Å². The fourth-order valence-corrected chi connectivity index (χ4v) is 1.60. The highest BCUT2D eigenvalue weighted by molar-refractivity contribution is 5.97. The SMILES string of the molecule is COCC(CO)NCc1cc(F)cc(/C(N)=N/O)c1. The Balaban J connectivity index is 2.75. The van der Waals surface area contributed by atoms with E-state index >= 15 is 0 Å². The molecule has 0 fully saturated rings. The summed E-state index contributed by atoms with van der Waals surface area (Å²) < 4.78 is 18.3. The van der Waals surface area contributed by atoms with Gasteiger partial charge in [0.05, 0.1) is 19.3 Å². The van der Waals surface area contributed by atoms with Crippen molar-refractivity contribution in [2.45, 2.75) is 12.6 Å². The molecule has 0 saturated heterocycles. The largest absolute Gasteiger partial charge is 0.409 e. The van der Waals surface area contributed by atoms with Gasteiger partial charge in [-0.25, -0.2) is 4.39 Å². The average molecular weight is 271 g/mol. The van der Waals surface area contributed by atoms with Crippen molar-refractivity contribution in [1.29, 1.82) is 0 Å². The highest BCUT2D eigenvalue weighted by Crippen LogP contribution is 2.09. The van der Waals surface area contributed by atoms with Gasteiger partial charge in [-0.15, -0.1) is 0 Å². The molecule has 0 spiro atoms. The van der Waals surface area contributed by atoms with Gasteiger partial charge in [-0.2, -0.15) is 0 Å². The van der Waals surface area contributed by atoms with Crippen LogP contribution in [0.3, 0.4) is 0 Å². The predicted octanol–water partition coefficient (Wildman–Crippen LogP) is 0.0171. The Morgan fingerprint density at radius 3 is 2.84 bits per heavy atom. The molecule has 1 atom stereocenters. The number of aliphatic hydroxyl groups is 1. The number of methoxy groups -OCH3 is 1. The number of aliphatic hydroxyl groups excluding tert-OH is 1. The van der Waals surface area contributed by atoms with Crippen LogP contribution in [-0.4, -0.2) is 42.5 Å². The monoisotopic (exact) mass is 271 g/mol. The van der Waals surface area contributed by atoms with E-state index in [-0.39, 0.29) is 18.5 Å². The maximum Gasteiger partial charge on any atom is 0.170 e. The minimum atomic E-state index is -0.479. The second kappa shape index (κ2) is 7.67. The number of hydrogen-bond acceptors (Lipinski definition) is 5. The van der Waals surface area contributed by atoms with Crippen LogP contribution in [0.15, 0.2) is 23.4 Å². The van der Waals surface area contributed by atoms with Crippen molar-refractivity contribution >= 4 is 5.84 Å². The Labute approximate surface area is 110 Å². The van der Waals surface area contributed by atoms with E-state index in [0.29, 0.717) is 24.3 Å². The van der Waals surface area contributed by atoms with Crippen LogP contribution >= 0.6 is 0 Å². The summed E-state index contributed by atoms with van der Waals surface area (Å²) in [6.45, 7) is 0.590. The number of nitrogens with zero attached hydrogens (tertiary/aromatic N) is 1. The molecular formula is C12H18FN3O3. The number of halogens is 1. The maximum atomic E-state index is 13.4. The topological polar surface area (TPSA) is 100 Å². The van der Waals surface area contributed by atoms with Crippen molar-refractivity contribution in [1.82, 2.24) is 5.32 Å². The highest BCUT2D eigenvalue weighted by Gasteiger charge is 2.08. The van der Waals surface area contributed by atoms with E-state index in [4.69, 9.17) is 20.8 Å². The van der Waals surface area contributed by atoms with Crippen LogP contribution in [-0.2, 0) is 11.3 Å². The second-order valence-corrected chi connectivity index (χ2v) is 4.05. The summed E-state index contributed by atoms with van der Waals surface area (Å²) in [4.78, 5) is 0. The zero-order valence-electron chi connectivity index (χ0n) is 10.6. The van der Waals surface area contributed by atoms with Gasteiger partial charge in [0.15, 0.2) is 5.84 Å². The second-order valence-electron chi connectivity index (χ2n) is 4.05. The Hall–Kier alpha value is -1.70. The minimum Gasteiger partial charge on any atom is -0.409 e. The number of hydrogen-bond donors (Lipinski definition) is 4. The fraction of sp³-hybridized carbons (Fsp3) is 0.417. The number of ether oxygens (including phenoxy) is 1. The molecule has 0 bridgehead atoms. The molecule has 1 rings (SSSR count). The third-order valence-electron chi connectivity index (χ3n) is 2.54. The van der Waals surface area contributed by atoms with Crippen LogP contribution in [0.25, 0.3) is 0 Å². The minimum absolute atomic E-state index is 0.0871. The number of oxime groups is 1. The van der Waals surface area contributed by atoms with E-state index < -0.39 is 5.82 Å². The van der Waals surface area contributed by atoms with Gasteiger partial charge in [0.1, 0.15) is 5.82 Å². The highest BCUT2D eigenvalue weighted by atomic mass is 19.1. The van der Waals surface area contributed by atoms with Crippen LogP contribution in [0, 0.1) is 5.82 Å².